The predicted molar refractivity (Wildman–Crippen MR) is 99.7 cm³/mol. The second-order valence-corrected chi connectivity index (χ2v) is 6.91. The lowest BCUT2D eigenvalue weighted by Crippen LogP contribution is -2.27. The lowest BCUT2D eigenvalue weighted by molar-refractivity contribution is -0.166. The molecule has 2 heterocycles. The van der Waals surface area contributed by atoms with Gasteiger partial charge in [-0.05, 0) is 41.9 Å². The Morgan fingerprint density at radius 3 is 2.71 bits per heavy atom. The molecule has 0 aliphatic heterocycles. The van der Waals surface area contributed by atoms with Crippen LogP contribution in [0.2, 0.25) is 0 Å². The summed E-state index contributed by atoms with van der Waals surface area (Å²) in [5.74, 6) is -7.23. The van der Waals surface area contributed by atoms with Crippen LogP contribution >= 0.6 is 15.9 Å². The fourth-order valence-corrected chi connectivity index (χ4v) is 3.09. The summed E-state index contributed by atoms with van der Waals surface area (Å²) < 4.78 is 42.9. The number of aryl methyl sites for hydroxylation is 1. The number of aliphatic carboxylic acids is 1. The van der Waals surface area contributed by atoms with E-state index in [0.717, 1.165) is 6.07 Å². The van der Waals surface area contributed by atoms with Gasteiger partial charge in [-0.1, -0.05) is 12.1 Å². The SMILES string of the molecule is Cc1nc(N[C@H](C)c2cccc(C(F)(F)C(=O)O)c2F)c2cc(Br)ncc2n1. The summed E-state index contributed by atoms with van der Waals surface area (Å²) in [5.41, 5.74) is -0.755. The number of carboxylic acid groups (broad SMARTS) is 1. The molecule has 0 aliphatic rings. The minimum Gasteiger partial charge on any atom is -0.477 e. The minimum atomic E-state index is -4.34. The van der Waals surface area contributed by atoms with Crippen molar-refractivity contribution in [2.75, 3.05) is 5.32 Å². The Kier molecular flexibility index (Phi) is 5.24. The van der Waals surface area contributed by atoms with Crippen LogP contribution in [0.5, 0.6) is 0 Å². The summed E-state index contributed by atoms with van der Waals surface area (Å²) in [7, 11) is 0. The van der Waals surface area contributed by atoms with Gasteiger partial charge in [0, 0.05) is 10.9 Å². The predicted octanol–water partition coefficient (Wildman–Crippen LogP) is 4.58. The number of halogens is 4. The highest BCUT2D eigenvalue weighted by Gasteiger charge is 2.44. The third kappa shape index (κ3) is 3.64. The molecule has 0 unspecified atom stereocenters. The van der Waals surface area contributed by atoms with Crippen molar-refractivity contribution >= 4 is 38.6 Å². The van der Waals surface area contributed by atoms with Crippen LogP contribution in [-0.2, 0) is 10.7 Å². The van der Waals surface area contributed by atoms with Gasteiger partial charge in [-0.2, -0.15) is 8.78 Å². The quantitative estimate of drug-likeness (QED) is 0.548. The molecule has 3 rings (SSSR count). The number of nitrogens with one attached hydrogen (secondary N) is 1. The zero-order valence-electron chi connectivity index (χ0n) is 14.7. The molecule has 28 heavy (non-hydrogen) atoms. The van der Waals surface area contributed by atoms with Crippen LogP contribution in [0.15, 0.2) is 35.1 Å². The van der Waals surface area contributed by atoms with Crippen LogP contribution in [0.1, 0.15) is 29.9 Å². The van der Waals surface area contributed by atoms with Crippen molar-refractivity contribution in [1.82, 2.24) is 15.0 Å². The molecular weight excluding hydrogens is 441 g/mol. The third-order valence-electron chi connectivity index (χ3n) is 4.12. The molecule has 2 N–H and O–H groups in total. The summed E-state index contributed by atoms with van der Waals surface area (Å²) in [6.45, 7) is 3.23. The second kappa shape index (κ2) is 7.34. The number of hydrogen-bond donors (Lipinski definition) is 2. The third-order valence-corrected chi connectivity index (χ3v) is 4.55. The van der Waals surface area contributed by atoms with Gasteiger partial charge in [0.15, 0.2) is 0 Å². The topological polar surface area (TPSA) is 88.0 Å². The molecule has 0 amide bonds. The number of pyridine rings is 1. The number of rotatable bonds is 5. The molecule has 0 bridgehead atoms. The minimum absolute atomic E-state index is 0.115. The standard InChI is InChI=1S/C18H14BrF3N4O2/c1-8(10-4-3-5-12(15(10)20)18(21,22)17(27)28)24-16-11-6-14(19)23-7-13(11)25-9(2)26-16/h3-8H,1-2H3,(H,27,28)(H,24,25,26)/t8-/m1/s1. The van der Waals surface area contributed by atoms with Crippen molar-refractivity contribution in [3.63, 3.8) is 0 Å². The summed E-state index contributed by atoms with van der Waals surface area (Å²) in [6, 6.07) is 4.14. The lowest BCUT2D eigenvalue weighted by atomic mass is 10.00. The first-order chi connectivity index (χ1) is 13.1. The van der Waals surface area contributed by atoms with Crippen molar-refractivity contribution in [1.29, 1.82) is 0 Å². The molecule has 2 aromatic heterocycles. The van der Waals surface area contributed by atoms with Crippen LogP contribution < -0.4 is 5.32 Å². The number of hydrogen-bond acceptors (Lipinski definition) is 5. The maximum absolute atomic E-state index is 14.7. The fraction of sp³-hybridized carbons (Fsp3) is 0.222. The summed E-state index contributed by atoms with van der Waals surface area (Å²) in [6.07, 6.45) is 1.54. The van der Waals surface area contributed by atoms with E-state index in [2.05, 4.69) is 36.2 Å². The lowest BCUT2D eigenvalue weighted by Gasteiger charge is -2.20. The number of alkyl halides is 2. The average Bonchev–Trinajstić information content (AvgIpc) is 2.62. The Morgan fingerprint density at radius 2 is 2.04 bits per heavy atom. The number of fused-ring (bicyclic) bond motifs is 1. The summed E-state index contributed by atoms with van der Waals surface area (Å²) in [5, 5.41) is 12.3. The number of benzene rings is 1. The Balaban J connectivity index is 2.03. The molecule has 1 aromatic carbocycles. The Morgan fingerprint density at radius 1 is 1.32 bits per heavy atom. The Bertz CT molecular complexity index is 1080. The van der Waals surface area contributed by atoms with Crippen LogP contribution in [0.25, 0.3) is 10.9 Å². The number of carbonyl (C=O) groups is 1. The molecule has 3 aromatic rings. The maximum atomic E-state index is 14.7. The molecule has 6 nitrogen and oxygen atoms in total. The number of nitrogens with zero attached hydrogens (tertiary/aromatic N) is 3. The van der Waals surface area contributed by atoms with Gasteiger partial charge in [0.2, 0.25) is 0 Å². The average molecular weight is 455 g/mol. The van der Waals surface area contributed by atoms with Gasteiger partial charge >= 0.3 is 11.9 Å². The Labute approximate surface area is 166 Å². The van der Waals surface area contributed by atoms with Gasteiger partial charge in [-0.3, -0.25) is 0 Å². The van der Waals surface area contributed by atoms with Crippen molar-refractivity contribution in [2.24, 2.45) is 0 Å². The first kappa shape index (κ1) is 20.0. The van der Waals surface area contributed by atoms with Gasteiger partial charge in [-0.25, -0.2) is 24.1 Å². The van der Waals surface area contributed by atoms with Gasteiger partial charge in [-0.15, -0.1) is 0 Å². The van der Waals surface area contributed by atoms with Crippen LogP contribution in [0, 0.1) is 12.7 Å². The van der Waals surface area contributed by atoms with E-state index in [4.69, 9.17) is 5.11 Å². The van der Waals surface area contributed by atoms with Crippen molar-refractivity contribution < 1.29 is 23.1 Å². The van der Waals surface area contributed by atoms with E-state index in [-0.39, 0.29) is 5.56 Å². The molecule has 146 valence electrons. The van der Waals surface area contributed by atoms with Crippen molar-refractivity contribution in [3.05, 3.63) is 57.8 Å². The van der Waals surface area contributed by atoms with Crippen LogP contribution in [0.3, 0.4) is 0 Å². The normalized spacial score (nSPS) is 12.8. The fourth-order valence-electron chi connectivity index (χ4n) is 2.76. The van der Waals surface area contributed by atoms with E-state index in [9.17, 15) is 18.0 Å². The molecule has 0 fully saturated rings. The number of aromatic nitrogens is 3. The highest BCUT2D eigenvalue weighted by atomic mass is 79.9. The highest BCUT2D eigenvalue weighted by molar-refractivity contribution is 9.10. The molecule has 1 atom stereocenters. The zero-order chi connectivity index (χ0) is 20.6. The maximum Gasteiger partial charge on any atom is 0.379 e. The van der Waals surface area contributed by atoms with E-state index >= 15 is 0 Å². The second-order valence-electron chi connectivity index (χ2n) is 6.10. The first-order valence-electron chi connectivity index (χ1n) is 8.07. The molecular formula is C18H14BrF3N4O2. The van der Waals surface area contributed by atoms with Crippen LogP contribution in [-0.4, -0.2) is 26.0 Å². The van der Waals surface area contributed by atoms with E-state index in [1.807, 2.05) is 0 Å². The summed E-state index contributed by atoms with van der Waals surface area (Å²) in [4.78, 5) is 23.5. The van der Waals surface area contributed by atoms with Gasteiger partial charge in [0.05, 0.1) is 23.3 Å². The van der Waals surface area contributed by atoms with Gasteiger partial charge < -0.3 is 10.4 Å². The van der Waals surface area contributed by atoms with E-state index in [1.54, 1.807) is 26.1 Å². The van der Waals surface area contributed by atoms with Crippen LogP contribution in [0.4, 0.5) is 19.0 Å². The smallest absolute Gasteiger partial charge is 0.379 e. The van der Waals surface area contributed by atoms with E-state index in [0.29, 0.717) is 27.1 Å². The monoisotopic (exact) mass is 454 g/mol. The highest BCUT2D eigenvalue weighted by Crippen LogP contribution is 2.34. The zero-order valence-corrected chi connectivity index (χ0v) is 16.3. The van der Waals surface area contributed by atoms with Crippen molar-refractivity contribution in [2.45, 2.75) is 25.8 Å². The van der Waals surface area contributed by atoms with Gasteiger partial charge in [0.1, 0.15) is 22.1 Å². The molecule has 0 saturated heterocycles. The first-order valence-corrected chi connectivity index (χ1v) is 8.87. The molecule has 0 saturated carbocycles. The van der Waals surface area contributed by atoms with Crippen molar-refractivity contribution in [3.8, 4) is 0 Å². The molecule has 0 aliphatic carbocycles. The summed E-state index contributed by atoms with van der Waals surface area (Å²) >= 11 is 3.26. The van der Waals surface area contributed by atoms with Gasteiger partial charge in [0.25, 0.3) is 0 Å². The number of anilines is 1. The molecule has 0 radical (unpaired) electrons. The van der Waals surface area contributed by atoms with E-state index < -0.39 is 29.3 Å². The Hall–Kier alpha value is -2.75. The molecule has 10 heteroatoms. The van der Waals surface area contributed by atoms with E-state index in [1.165, 1.54) is 12.1 Å². The number of carboxylic acids is 1. The largest absolute Gasteiger partial charge is 0.477 e. The molecule has 0 spiro atoms.